The van der Waals surface area contributed by atoms with E-state index in [9.17, 15) is 13.2 Å². The molecule has 0 bridgehead atoms. The number of rotatable bonds is 3. The maximum Gasteiger partial charge on any atom is 0.259 e. The van der Waals surface area contributed by atoms with Gasteiger partial charge < -0.3 is 9.32 Å². The molecule has 5 nitrogen and oxygen atoms in total. The Morgan fingerprint density at radius 2 is 2.37 bits per heavy atom. The second-order valence-corrected chi connectivity index (χ2v) is 6.87. The van der Waals surface area contributed by atoms with E-state index >= 15 is 0 Å². The lowest BCUT2D eigenvalue weighted by molar-refractivity contribution is 0.0724. The summed E-state index contributed by atoms with van der Waals surface area (Å²) in [5.41, 5.74) is 0.196. The van der Waals surface area contributed by atoms with Crippen molar-refractivity contribution in [3.05, 3.63) is 23.1 Å². The molecule has 1 aromatic heterocycles. The van der Waals surface area contributed by atoms with Gasteiger partial charge in [-0.15, -0.1) is 6.42 Å². The smallest absolute Gasteiger partial charge is 0.259 e. The molecule has 0 aromatic carbocycles. The molecule has 1 aliphatic rings. The fraction of sp³-hybridized carbons (Fsp3) is 0.417. The van der Waals surface area contributed by atoms with Gasteiger partial charge in [0.2, 0.25) is 5.22 Å². The van der Waals surface area contributed by atoms with Crippen LogP contribution in [-0.2, 0) is 9.84 Å². The maximum atomic E-state index is 12.3. The SMILES string of the molecule is C#CCN(C(=O)c1ccoc1Cl)C1CCS(=O)(=O)C1. The summed E-state index contributed by atoms with van der Waals surface area (Å²) in [5.74, 6) is 1.98. The van der Waals surface area contributed by atoms with Crippen molar-refractivity contribution in [1.82, 2.24) is 4.90 Å². The molecule has 7 heteroatoms. The summed E-state index contributed by atoms with van der Waals surface area (Å²) in [6.07, 6.45) is 6.94. The molecule has 0 aliphatic carbocycles. The molecule has 1 amide bonds. The average molecular weight is 302 g/mol. The normalized spacial score (nSPS) is 20.9. The van der Waals surface area contributed by atoms with Gasteiger partial charge in [-0.3, -0.25) is 4.79 Å². The topological polar surface area (TPSA) is 67.6 Å². The summed E-state index contributed by atoms with van der Waals surface area (Å²) < 4.78 is 27.8. The number of hydrogen-bond acceptors (Lipinski definition) is 4. The molecule has 102 valence electrons. The zero-order valence-corrected chi connectivity index (χ0v) is 11.6. The largest absolute Gasteiger partial charge is 0.452 e. The third kappa shape index (κ3) is 2.94. The molecule has 0 radical (unpaired) electrons. The van der Waals surface area contributed by atoms with Gasteiger partial charge in [-0.25, -0.2) is 8.42 Å². The van der Waals surface area contributed by atoms with E-state index in [1.165, 1.54) is 17.2 Å². The van der Waals surface area contributed by atoms with Gasteiger partial charge in [-0.05, 0) is 24.1 Å². The van der Waals surface area contributed by atoms with Crippen LogP contribution < -0.4 is 0 Å². The number of amides is 1. The van der Waals surface area contributed by atoms with Crippen LogP contribution in [0.5, 0.6) is 0 Å². The third-order valence-corrected chi connectivity index (χ3v) is 5.06. The molecule has 0 spiro atoms. The van der Waals surface area contributed by atoms with Crippen LogP contribution in [0.3, 0.4) is 0 Å². The quantitative estimate of drug-likeness (QED) is 0.787. The number of carbonyl (C=O) groups is 1. The van der Waals surface area contributed by atoms with Crippen LogP contribution in [0.1, 0.15) is 16.8 Å². The average Bonchev–Trinajstić information content (AvgIpc) is 2.91. The first-order chi connectivity index (χ1) is 8.94. The van der Waals surface area contributed by atoms with Gasteiger partial charge >= 0.3 is 0 Å². The van der Waals surface area contributed by atoms with Gasteiger partial charge in [0.1, 0.15) is 0 Å². The molecule has 1 aromatic rings. The molecule has 1 saturated heterocycles. The van der Waals surface area contributed by atoms with Crippen LogP contribution in [0.15, 0.2) is 16.7 Å². The molecule has 2 rings (SSSR count). The summed E-state index contributed by atoms with van der Waals surface area (Å²) in [7, 11) is -3.09. The highest BCUT2D eigenvalue weighted by Gasteiger charge is 2.35. The fourth-order valence-corrected chi connectivity index (χ4v) is 4.01. The first-order valence-electron chi connectivity index (χ1n) is 5.62. The number of terminal acetylenes is 1. The standard InChI is InChI=1S/C12H12ClNO4S/c1-2-5-14(9-4-7-19(16,17)8-9)12(15)10-3-6-18-11(10)13/h1,3,6,9H,4-5,7-8H2. The van der Waals surface area contributed by atoms with E-state index in [1.54, 1.807) is 0 Å². The van der Waals surface area contributed by atoms with E-state index in [1.807, 2.05) is 0 Å². The van der Waals surface area contributed by atoms with Crippen LogP contribution in [-0.4, -0.2) is 43.3 Å². The van der Waals surface area contributed by atoms with Crippen molar-refractivity contribution in [3.8, 4) is 12.3 Å². The van der Waals surface area contributed by atoms with E-state index in [-0.39, 0.29) is 28.8 Å². The van der Waals surface area contributed by atoms with Crippen LogP contribution >= 0.6 is 11.6 Å². The molecule has 1 atom stereocenters. The van der Waals surface area contributed by atoms with Crippen molar-refractivity contribution in [2.45, 2.75) is 12.5 Å². The van der Waals surface area contributed by atoms with Crippen molar-refractivity contribution >= 4 is 27.3 Å². The minimum absolute atomic E-state index is 0.0205. The number of carbonyl (C=O) groups excluding carboxylic acids is 1. The number of nitrogens with zero attached hydrogens (tertiary/aromatic N) is 1. The van der Waals surface area contributed by atoms with Gasteiger partial charge in [-0.1, -0.05) is 5.92 Å². The second-order valence-electron chi connectivity index (χ2n) is 4.30. The highest BCUT2D eigenvalue weighted by Crippen LogP contribution is 2.23. The summed E-state index contributed by atoms with van der Waals surface area (Å²) in [5, 5.41) is -0.0205. The maximum absolute atomic E-state index is 12.3. The summed E-state index contributed by atoms with van der Waals surface area (Å²) in [6, 6.07) is 1.04. The predicted molar refractivity (Wildman–Crippen MR) is 70.6 cm³/mol. The molecule has 0 saturated carbocycles. The zero-order chi connectivity index (χ0) is 14.0. The number of sulfone groups is 1. The number of hydrogen-bond donors (Lipinski definition) is 0. The van der Waals surface area contributed by atoms with Crippen molar-refractivity contribution in [1.29, 1.82) is 0 Å². The minimum Gasteiger partial charge on any atom is -0.452 e. The van der Waals surface area contributed by atoms with E-state index in [4.69, 9.17) is 22.4 Å². The Balaban J connectivity index is 2.24. The van der Waals surface area contributed by atoms with E-state index in [2.05, 4.69) is 5.92 Å². The van der Waals surface area contributed by atoms with Crippen LogP contribution in [0.2, 0.25) is 5.22 Å². The highest BCUT2D eigenvalue weighted by atomic mass is 35.5. The van der Waals surface area contributed by atoms with Crippen molar-refractivity contribution in [2.75, 3.05) is 18.1 Å². The Morgan fingerprint density at radius 1 is 1.63 bits per heavy atom. The summed E-state index contributed by atoms with van der Waals surface area (Å²) >= 11 is 5.76. The Labute approximate surface area is 116 Å². The van der Waals surface area contributed by atoms with E-state index in [0.29, 0.717) is 6.42 Å². The molecule has 19 heavy (non-hydrogen) atoms. The van der Waals surface area contributed by atoms with Gasteiger partial charge in [-0.2, -0.15) is 0 Å². The summed E-state index contributed by atoms with van der Waals surface area (Å²) in [4.78, 5) is 13.7. The molecule has 1 fully saturated rings. The first-order valence-corrected chi connectivity index (χ1v) is 7.82. The molecular weight excluding hydrogens is 290 g/mol. The monoisotopic (exact) mass is 301 g/mol. The van der Waals surface area contributed by atoms with Crippen LogP contribution in [0, 0.1) is 12.3 Å². The fourth-order valence-electron chi connectivity index (χ4n) is 2.09. The second kappa shape index (κ2) is 5.27. The van der Waals surface area contributed by atoms with E-state index in [0.717, 1.165) is 0 Å². The Bertz CT molecular complexity index is 628. The Hall–Kier alpha value is -1.45. The molecule has 0 N–H and O–H groups in total. The first kappa shape index (κ1) is 14.0. The highest BCUT2D eigenvalue weighted by molar-refractivity contribution is 7.91. The van der Waals surface area contributed by atoms with Gasteiger partial charge in [0.05, 0.1) is 29.9 Å². The van der Waals surface area contributed by atoms with Crippen molar-refractivity contribution < 1.29 is 17.6 Å². The van der Waals surface area contributed by atoms with Crippen LogP contribution in [0.25, 0.3) is 0 Å². The van der Waals surface area contributed by atoms with Crippen LogP contribution in [0.4, 0.5) is 0 Å². The summed E-state index contributed by atoms with van der Waals surface area (Å²) in [6.45, 7) is 0.0422. The third-order valence-electron chi connectivity index (χ3n) is 3.02. The predicted octanol–water partition coefficient (Wildman–Crippen LogP) is 1.20. The van der Waals surface area contributed by atoms with Crippen molar-refractivity contribution in [3.63, 3.8) is 0 Å². The van der Waals surface area contributed by atoms with Gasteiger partial charge in [0, 0.05) is 6.04 Å². The van der Waals surface area contributed by atoms with Gasteiger partial charge in [0.15, 0.2) is 9.84 Å². The Morgan fingerprint density at radius 3 is 2.84 bits per heavy atom. The van der Waals surface area contributed by atoms with E-state index < -0.39 is 21.8 Å². The number of halogens is 1. The van der Waals surface area contributed by atoms with Crippen molar-refractivity contribution in [2.24, 2.45) is 0 Å². The van der Waals surface area contributed by atoms with Gasteiger partial charge in [0.25, 0.3) is 5.91 Å². The zero-order valence-electron chi connectivity index (χ0n) is 10.0. The molecule has 1 unspecified atom stereocenters. The lowest BCUT2D eigenvalue weighted by atomic mass is 10.2. The molecule has 1 aliphatic heterocycles. The lowest BCUT2D eigenvalue weighted by Crippen LogP contribution is -2.41. The minimum atomic E-state index is -3.09. The molecule has 2 heterocycles. The molecular formula is C12H12ClNO4S. The number of furan rings is 1. The Kier molecular flexibility index (Phi) is 3.88. The lowest BCUT2D eigenvalue weighted by Gasteiger charge is -2.25.